The Morgan fingerprint density at radius 3 is 2.55 bits per heavy atom. The molecule has 0 aliphatic rings. The summed E-state index contributed by atoms with van der Waals surface area (Å²) in [6.45, 7) is 0. The first-order valence-corrected chi connectivity index (χ1v) is 6.37. The molecule has 4 heteroatoms. The molecule has 0 fully saturated rings. The number of hydrogen-bond acceptors (Lipinski definition) is 4. The second kappa shape index (κ2) is 5.17. The minimum absolute atomic E-state index is 0.801. The maximum absolute atomic E-state index is 5.29. The zero-order valence-electron chi connectivity index (χ0n) is 11.4. The SMILES string of the molecule is COc1ccc2ncnc(N(C)c3ccccc3)c2c1. The predicted molar refractivity (Wildman–Crippen MR) is 80.6 cm³/mol. The lowest BCUT2D eigenvalue weighted by Crippen LogP contribution is -2.11. The van der Waals surface area contributed by atoms with E-state index in [-0.39, 0.29) is 0 Å². The highest BCUT2D eigenvalue weighted by atomic mass is 16.5. The van der Waals surface area contributed by atoms with Crippen molar-refractivity contribution in [3.8, 4) is 5.75 Å². The number of ether oxygens (including phenoxy) is 1. The van der Waals surface area contributed by atoms with Crippen molar-refractivity contribution >= 4 is 22.4 Å². The molecule has 0 atom stereocenters. The quantitative estimate of drug-likeness (QED) is 0.727. The number of para-hydroxylation sites is 1. The normalized spacial score (nSPS) is 10.5. The molecule has 1 heterocycles. The highest BCUT2D eigenvalue weighted by Gasteiger charge is 2.10. The topological polar surface area (TPSA) is 38.3 Å². The van der Waals surface area contributed by atoms with E-state index >= 15 is 0 Å². The summed E-state index contributed by atoms with van der Waals surface area (Å²) in [6.07, 6.45) is 1.59. The summed E-state index contributed by atoms with van der Waals surface area (Å²) in [6, 6.07) is 15.9. The van der Waals surface area contributed by atoms with Crippen molar-refractivity contribution in [1.29, 1.82) is 0 Å². The number of benzene rings is 2. The first kappa shape index (κ1) is 12.4. The summed E-state index contributed by atoms with van der Waals surface area (Å²) < 4.78 is 5.29. The first-order chi connectivity index (χ1) is 9.79. The van der Waals surface area contributed by atoms with Gasteiger partial charge < -0.3 is 9.64 Å². The molecular weight excluding hydrogens is 250 g/mol. The number of hydrogen-bond donors (Lipinski definition) is 0. The van der Waals surface area contributed by atoms with Gasteiger partial charge >= 0.3 is 0 Å². The molecule has 0 unspecified atom stereocenters. The van der Waals surface area contributed by atoms with Crippen molar-refractivity contribution in [2.24, 2.45) is 0 Å². The molecular formula is C16H15N3O. The van der Waals surface area contributed by atoms with E-state index in [4.69, 9.17) is 4.74 Å². The van der Waals surface area contributed by atoms with Crippen LogP contribution in [0.5, 0.6) is 5.75 Å². The van der Waals surface area contributed by atoms with E-state index in [2.05, 4.69) is 9.97 Å². The highest BCUT2D eigenvalue weighted by Crippen LogP contribution is 2.30. The van der Waals surface area contributed by atoms with Gasteiger partial charge in [-0.3, -0.25) is 0 Å². The van der Waals surface area contributed by atoms with Crippen LogP contribution < -0.4 is 9.64 Å². The molecule has 0 spiro atoms. The number of rotatable bonds is 3. The van der Waals surface area contributed by atoms with Crippen LogP contribution >= 0.6 is 0 Å². The molecule has 1 aromatic heterocycles. The average Bonchev–Trinajstić information content (AvgIpc) is 2.54. The molecule has 4 nitrogen and oxygen atoms in total. The highest BCUT2D eigenvalue weighted by molar-refractivity contribution is 5.92. The van der Waals surface area contributed by atoms with Crippen LogP contribution in [0.3, 0.4) is 0 Å². The number of nitrogens with zero attached hydrogens (tertiary/aromatic N) is 3. The molecule has 0 radical (unpaired) electrons. The van der Waals surface area contributed by atoms with Gasteiger partial charge in [0, 0.05) is 18.1 Å². The summed E-state index contributed by atoms with van der Waals surface area (Å²) in [5, 5.41) is 0.971. The van der Waals surface area contributed by atoms with Crippen LogP contribution in [0.1, 0.15) is 0 Å². The Balaban J connectivity index is 2.15. The molecule has 0 bridgehead atoms. The van der Waals surface area contributed by atoms with E-state index in [0.717, 1.165) is 28.2 Å². The van der Waals surface area contributed by atoms with Gasteiger partial charge in [0.2, 0.25) is 0 Å². The summed E-state index contributed by atoms with van der Waals surface area (Å²) in [7, 11) is 3.65. The maximum atomic E-state index is 5.29. The molecule has 0 N–H and O–H groups in total. The summed E-state index contributed by atoms with van der Waals surface area (Å²) >= 11 is 0. The van der Waals surface area contributed by atoms with Crippen molar-refractivity contribution < 1.29 is 4.74 Å². The van der Waals surface area contributed by atoms with Gasteiger partial charge in [0.25, 0.3) is 0 Å². The Hall–Kier alpha value is -2.62. The van der Waals surface area contributed by atoms with Gasteiger partial charge in [-0.1, -0.05) is 18.2 Å². The third kappa shape index (κ3) is 2.16. The van der Waals surface area contributed by atoms with E-state index in [1.807, 2.05) is 60.5 Å². The van der Waals surface area contributed by atoms with Crippen LogP contribution in [0.15, 0.2) is 54.9 Å². The summed E-state index contributed by atoms with van der Waals surface area (Å²) in [4.78, 5) is 10.8. The molecule has 0 aliphatic carbocycles. The minimum Gasteiger partial charge on any atom is -0.497 e. The van der Waals surface area contributed by atoms with Crippen LogP contribution in [-0.2, 0) is 0 Å². The van der Waals surface area contributed by atoms with Gasteiger partial charge in [0.05, 0.1) is 12.6 Å². The molecule has 20 heavy (non-hydrogen) atoms. The Morgan fingerprint density at radius 1 is 1.00 bits per heavy atom. The van der Waals surface area contributed by atoms with E-state index in [1.165, 1.54) is 0 Å². The molecule has 0 saturated heterocycles. The Morgan fingerprint density at radius 2 is 1.80 bits per heavy atom. The van der Waals surface area contributed by atoms with Crippen molar-refractivity contribution in [1.82, 2.24) is 9.97 Å². The van der Waals surface area contributed by atoms with Crippen LogP contribution in [-0.4, -0.2) is 24.1 Å². The third-order valence-corrected chi connectivity index (χ3v) is 3.28. The molecule has 3 aromatic rings. The van der Waals surface area contributed by atoms with Crippen molar-refractivity contribution in [2.75, 3.05) is 19.1 Å². The monoisotopic (exact) mass is 265 g/mol. The van der Waals surface area contributed by atoms with E-state index < -0.39 is 0 Å². The first-order valence-electron chi connectivity index (χ1n) is 6.37. The lowest BCUT2D eigenvalue weighted by Gasteiger charge is -2.19. The molecule has 0 amide bonds. The lowest BCUT2D eigenvalue weighted by molar-refractivity contribution is 0.415. The summed E-state index contributed by atoms with van der Waals surface area (Å²) in [5.41, 5.74) is 1.98. The molecule has 0 aliphatic heterocycles. The average molecular weight is 265 g/mol. The minimum atomic E-state index is 0.801. The van der Waals surface area contributed by atoms with Gasteiger partial charge in [-0.25, -0.2) is 9.97 Å². The fraction of sp³-hybridized carbons (Fsp3) is 0.125. The van der Waals surface area contributed by atoms with Crippen LogP contribution in [0.25, 0.3) is 10.9 Å². The number of anilines is 2. The maximum Gasteiger partial charge on any atom is 0.144 e. The lowest BCUT2D eigenvalue weighted by atomic mass is 10.2. The Labute approximate surface area is 117 Å². The molecule has 3 rings (SSSR count). The zero-order valence-corrected chi connectivity index (χ0v) is 11.4. The number of methoxy groups -OCH3 is 1. The Bertz CT molecular complexity index is 728. The number of aromatic nitrogens is 2. The van der Waals surface area contributed by atoms with E-state index in [0.29, 0.717) is 0 Å². The molecule has 2 aromatic carbocycles. The van der Waals surface area contributed by atoms with Gasteiger partial charge in [-0.2, -0.15) is 0 Å². The predicted octanol–water partition coefficient (Wildman–Crippen LogP) is 3.41. The second-order valence-corrected chi connectivity index (χ2v) is 4.47. The van der Waals surface area contributed by atoms with Gasteiger partial charge in [0.1, 0.15) is 17.9 Å². The standard InChI is InChI=1S/C16H15N3O/c1-19(12-6-4-3-5-7-12)16-14-10-13(20-2)8-9-15(14)17-11-18-16/h3-11H,1-2H3. The van der Waals surface area contributed by atoms with Crippen LogP contribution in [0.4, 0.5) is 11.5 Å². The van der Waals surface area contributed by atoms with Crippen molar-refractivity contribution in [2.45, 2.75) is 0 Å². The van der Waals surface area contributed by atoms with Gasteiger partial charge in [0.15, 0.2) is 0 Å². The van der Waals surface area contributed by atoms with Gasteiger partial charge in [-0.05, 0) is 30.3 Å². The summed E-state index contributed by atoms with van der Waals surface area (Å²) in [5.74, 6) is 1.66. The third-order valence-electron chi connectivity index (χ3n) is 3.28. The van der Waals surface area contributed by atoms with Crippen molar-refractivity contribution in [3.05, 3.63) is 54.9 Å². The van der Waals surface area contributed by atoms with E-state index in [9.17, 15) is 0 Å². The van der Waals surface area contributed by atoms with E-state index in [1.54, 1.807) is 13.4 Å². The molecule has 0 saturated carbocycles. The fourth-order valence-electron chi connectivity index (χ4n) is 2.19. The van der Waals surface area contributed by atoms with Crippen molar-refractivity contribution in [3.63, 3.8) is 0 Å². The molecule has 100 valence electrons. The second-order valence-electron chi connectivity index (χ2n) is 4.47. The van der Waals surface area contributed by atoms with Crippen LogP contribution in [0.2, 0.25) is 0 Å². The smallest absolute Gasteiger partial charge is 0.144 e. The fourth-order valence-corrected chi connectivity index (χ4v) is 2.19. The Kier molecular flexibility index (Phi) is 3.21. The van der Waals surface area contributed by atoms with Crippen LogP contribution in [0, 0.1) is 0 Å². The zero-order chi connectivity index (χ0) is 13.9. The largest absolute Gasteiger partial charge is 0.497 e. The van der Waals surface area contributed by atoms with Gasteiger partial charge in [-0.15, -0.1) is 0 Å². The number of fused-ring (bicyclic) bond motifs is 1.